The van der Waals surface area contributed by atoms with Crippen molar-refractivity contribution < 1.29 is 5.21 Å². The van der Waals surface area contributed by atoms with Gasteiger partial charge in [0, 0.05) is 0 Å². The van der Waals surface area contributed by atoms with Gasteiger partial charge in [0.1, 0.15) is 17.3 Å². The molecule has 0 aromatic carbocycles. The van der Waals surface area contributed by atoms with Crippen LogP contribution in [0.5, 0.6) is 0 Å². The maximum atomic E-state index is 8.49. The zero-order valence-corrected chi connectivity index (χ0v) is 9.36. The van der Waals surface area contributed by atoms with Crippen LogP contribution in [-0.2, 0) is 0 Å². The average Bonchev–Trinajstić information content (AvgIpc) is 2.68. The van der Waals surface area contributed by atoms with E-state index in [-0.39, 0.29) is 5.84 Å². The second-order valence-corrected chi connectivity index (χ2v) is 3.36. The maximum absolute atomic E-state index is 8.49. The average molecular weight is 233 g/mol. The molecule has 2 heterocycles. The monoisotopic (exact) mass is 233 g/mol. The number of aryl methyl sites for hydroxylation is 2. The fourth-order valence-corrected chi connectivity index (χ4v) is 1.35. The summed E-state index contributed by atoms with van der Waals surface area (Å²) in [5.41, 5.74) is 5.68. The molecule has 0 radical (unpaired) electrons. The van der Waals surface area contributed by atoms with Gasteiger partial charge < -0.3 is 10.9 Å². The summed E-state index contributed by atoms with van der Waals surface area (Å²) >= 11 is 0. The van der Waals surface area contributed by atoms with Crippen molar-refractivity contribution in [2.24, 2.45) is 10.9 Å². The van der Waals surface area contributed by atoms with Crippen LogP contribution in [0.25, 0.3) is 5.82 Å². The van der Waals surface area contributed by atoms with Crippen LogP contribution in [0.15, 0.2) is 17.5 Å². The van der Waals surface area contributed by atoms with Crippen molar-refractivity contribution in [3.63, 3.8) is 0 Å². The summed E-state index contributed by atoms with van der Waals surface area (Å²) in [6, 6.07) is 0. The minimum atomic E-state index is -0.0875. The Bertz CT molecular complexity index is 557. The van der Waals surface area contributed by atoms with Crippen LogP contribution >= 0.6 is 0 Å². The molecule has 2 aromatic heterocycles. The Morgan fingerprint density at radius 2 is 2.12 bits per heavy atom. The van der Waals surface area contributed by atoms with Gasteiger partial charge in [-0.2, -0.15) is 4.68 Å². The second-order valence-electron chi connectivity index (χ2n) is 3.36. The van der Waals surface area contributed by atoms with Crippen molar-refractivity contribution in [3.05, 3.63) is 29.7 Å². The lowest BCUT2D eigenvalue weighted by Crippen LogP contribution is -2.16. The summed E-state index contributed by atoms with van der Waals surface area (Å²) in [6.45, 7) is 3.61. The maximum Gasteiger partial charge on any atom is 0.190 e. The molecule has 0 atom stereocenters. The lowest BCUT2D eigenvalue weighted by Gasteiger charge is -2.02. The molecule has 0 unspecified atom stereocenters. The van der Waals surface area contributed by atoms with E-state index in [1.165, 1.54) is 12.4 Å². The minimum Gasteiger partial charge on any atom is -0.409 e. The summed E-state index contributed by atoms with van der Waals surface area (Å²) in [7, 11) is 0. The highest BCUT2D eigenvalue weighted by atomic mass is 16.4. The normalized spacial score (nSPS) is 11.8. The van der Waals surface area contributed by atoms with Crippen molar-refractivity contribution in [1.82, 2.24) is 24.7 Å². The molecular formula is C9H11N7O. The number of nitrogens with zero attached hydrogens (tertiary/aromatic N) is 6. The molecule has 0 saturated carbocycles. The number of amidine groups is 1. The molecule has 0 amide bonds. The second kappa shape index (κ2) is 4.16. The summed E-state index contributed by atoms with van der Waals surface area (Å²) in [5, 5.41) is 15.5. The van der Waals surface area contributed by atoms with Gasteiger partial charge in [-0.05, 0) is 13.8 Å². The van der Waals surface area contributed by atoms with Crippen molar-refractivity contribution in [2.75, 3.05) is 0 Å². The van der Waals surface area contributed by atoms with Crippen LogP contribution < -0.4 is 5.73 Å². The predicted molar refractivity (Wildman–Crippen MR) is 58.9 cm³/mol. The summed E-state index contributed by atoms with van der Waals surface area (Å²) < 4.78 is 1.57. The van der Waals surface area contributed by atoms with Gasteiger partial charge in [0.2, 0.25) is 0 Å². The Labute approximate surface area is 96.8 Å². The molecule has 0 spiro atoms. The fourth-order valence-electron chi connectivity index (χ4n) is 1.35. The standard InChI is InChI=1S/C9H11N7O/c1-5-13-6(2)16(14-5)8-4-11-7(3-12-8)9(10)15-17/h3-4,17H,1-2H3,(H2,10,15). The number of hydrogen-bond acceptors (Lipinski definition) is 6. The van der Waals surface area contributed by atoms with E-state index in [4.69, 9.17) is 10.9 Å². The fraction of sp³-hybridized carbons (Fsp3) is 0.222. The van der Waals surface area contributed by atoms with Gasteiger partial charge in [-0.1, -0.05) is 5.16 Å². The molecule has 2 rings (SSSR count). The van der Waals surface area contributed by atoms with Crippen LogP contribution in [0.2, 0.25) is 0 Å². The van der Waals surface area contributed by atoms with Crippen molar-refractivity contribution in [1.29, 1.82) is 0 Å². The van der Waals surface area contributed by atoms with Gasteiger partial charge in [0.15, 0.2) is 11.7 Å². The van der Waals surface area contributed by atoms with Gasteiger partial charge in [-0.3, -0.25) is 0 Å². The lowest BCUT2D eigenvalue weighted by atomic mass is 10.4. The third kappa shape index (κ3) is 2.05. The Morgan fingerprint density at radius 1 is 1.35 bits per heavy atom. The first-order valence-corrected chi connectivity index (χ1v) is 4.82. The lowest BCUT2D eigenvalue weighted by molar-refractivity contribution is 0.318. The molecule has 88 valence electrons. The predicted octanol–water partition coefficient (Wildman–Crippen LogP) is -0.231. The Morgan fingerprint density at radius 3 is 2.59 bits per heavy atom. The summed E-state index contributed by atoms with van der Waals surface area (Å²) in [5.74, 6) is 1.81. The van der Waals surface area contributed by atoms with Crippen LogP contribution in [0.3, 0.4) is 0 Å². The smallest absolute Gasteiger partial charge is 0.190 e. The first-order chi connectivity index (χ1) is 8.11. The van der Waals surface area contributed by atoms with E-state index in [1.54, 1.807) is 11.6 Å². The molecule has 3 N–H and O–H groups in total. The van der Waals surface area contributed by atoms with Gasteiger partial charge in [0.25, 0.3) is 0 Å². The number of nitrogens with two attached hydrogens (primary N) is 1. The molecular weight excluding hydrogens is 222 g/mol. The number of oxime groups is 1. The van der Waals surface area contributed by atoms with E-state index in [0.29, 0.717) is 23.2 Å². The van der Waals surface area contributed by atoms with E-state index in [0.717, 1.165) is 0 Å². The molecule has 2 aromatic rings. The quantitative estimate of drug-likeness (QED) is 0.320. The van der Waals surface area contributed by atoms with Crippen LogP contribution in [0, 0.1) is 13.8 Å². The highest BCUT2D eigenvalue weighted by Crippen LogP contribution is 2.05. The van der Waals surface area contributed by atoms with E-state index in [1.807, 2.05) is 6.92 Å². The first kappa shape index (κ1) is 11.0. The molecule has 8 nitrogen and oxygen atoms in total. The zero-order valence-electron chi connectivity index (χ0n) is 9.36. The Balaban J connectivity index is 2.39. The molecule has 17 heavy (non-hydrogen) atoms. The summed E-state index contributed by atoms with van der Waals surface area (Å²) in [4.78, 5) is 12.3. The highest BCUT2D eigenvalue weighted by molar-refractivity contribution is 5.94. The van der Waals surface area contributed by atoms with Crippen molar-refractivity contribution >= 4 is 5.84 Å². The molecule has 0 aliphatic rings. The van der Waals surface area contributed by atoms with Gasteiger partial charge in [0.05, 0.1) is 12.4 Å². The SMILES string of the molecule is Cc1nc(C)n(-c2cnc(C(N)=NO)cn2)n1. The Hall–Kier alpha value is -2.51. The zero-order chi connectivity index (χ0) is 12.4. The molecule has 0 aliphatic carbocycles. The molecule has 0 aliphatic heterocycles. The molecule has 0 saturated heterocycles. The van der Waals surface area contributed by atoms with Gasteiger partial charge in [-0.25, -0.2) is 15.0 Å². The van der Waals surface area contributed by atoms with Gasteiger partial charge >= 0.3 is 0 Å². The highest BCUT2D eigenvalue weighted by Gasteiger charge is 2.08. The van der Waals surface area contributed by atoms with E-state index in [9.17, 15) is 0 Å². The van der Waals surface area contributed by atoms with Crippen LogP contribution in [0.1, 0.15) is 17.3 Å². The molecule has 0 fully saturated rings. The third-order valence-electron chi connectivity index (χ3n) is 2.10. The van der Waals surface area contributed by atoms with Gasteiger partial charge in [-0.15, -0.1) is 5.10 Å². The van der Waals surface area contributed by atoms with Crippen LogP contribution in [-0.4, -0.2) is 35.8 Å². The van der Waals surface area contributed by atoms with E-state index < -0.39 is 0 Å². The van der Waals surface area contributed by atoms with E-state index >= 15 is 0 Å². The van der Waals surface area contributed by atoms with E-state index in [2.05, 4.69) is 25.2 Å². The van der Waals surface area contributed by atoms with Crippen molar-refractivity contribution in [3.8, 4) is 5.82 Å². The Kier molecular flexibility index (Phi) is 2.69. The van der Waals surface area contributed by atoms with Crippen LogP contribution in [0.4, 0.5) is 0 Å². The first-order valence-electron chi connectivity index (χ1n) is 4.82. The number of hydrogen-bond donors (Lipinski definition) is 2. The topological polar surface area (TPSA) is 115 Å². The third-order valence-corrected chi connectivity index (χ3v) is 2.10. The van der Waals surface area contributed by atoms with Crippen molar-refractivity contribution in [2.45, 2.75) is 13.8 Å². The minimum absolute atomic E-state index is 0.0875. The number of aromatic nitrogens is 5. The molecule has 8 heteroatoms. The summed E-state index contributed by atoms with van der Waals surface area (Å²) in [6.07, 6.45) is 2.88. The molecule has 0 bridgehead atoms. The number of rotatable bonds is 2. The largest absolute Gasteiger partial charge is 0.409 e.